The van der Waals surface area contributed by atoms with E-state index in [1.165, 1.54) is 43.6 Å². The highest BCUT2D eigenvalue weighted by Gasteiger charge is 2.19. The van der Waals surface area contributed by atoms with E-state index in [1.54, 1.807) is 0 Å². The van der Waals surface area contributed by atoms with Gasteiger partial charge >= 0.3 is 0 Å². The van der Waals surface area contributed by atoms with Gasteiger partial charge in [-0.1, -0.05) is 45.0 Å². The summed E-state index contributed by atoms with van der Waals surface area (Å²) in [5.41, 5.74) is 3.02. The molecule has 1 unspecified atom stereocenters. The van der Waals surface area contributed by atoms with Crippen LogP contribution in [0.25, 0.3) is 0 Å². The summed E-state index contributed by atoms with van der Waals surface area (Å²) in [6.07, 6.45) is 3.69. The van der Waals surface area contributed by atoms with Crippen LogP contribution in [-0.2, 0) is 13.0 Å². The van der Waals surface area contributed by atoms with Gasteiger partial charge in [0.1, 0.15) is 0 Å². The molecule has 20 heavy (non-hydrogen) atoms. The van der Waals surface area contributed by atoms with Gasteiger partial charge in [-0.05, 0) is 49.4 Å². The van der Waals surface area contributed by atoms with Gasteiger partial charge in [0.15, 0.2) is 0 Å². The zero-order valence-electron chi connectivity index (χ0n) is 13.4. The molecule has 0 spiro atoms. The molecule has 1 heterocycles. The van der Waals surface area contributed by atoms with Crippen molar-refractivity contribution in [2.75, 3.05) is 19.6 Å². The van der Waals surface area contributed by atoms with Gasteiger partial charge in [0.25, 0.3) is 0 Å². The van der Waals surface area contributed by atoms with Crippen LogP contribution < -0.4 is 5.32 Å². The summed E-state index contributed by atoms with van der Waals surface area (Å²) in [7, 11) is 0. The van der Waals surface area contributed by atoms with Crippen LogP contribution in [0, 0.1) is 5.92 Å². The van der Waals surface area contributed by atoms with Crippen LogP contribution in [0.2, 0.25) is 0 Å². The molecule has 0 radical (unpaired) electrons. The van der Waals surface area contributed by atoms with Crippen LogP contribution in [0.5, 0.6) is 0 Å². The van der Waals surface area contributed by atoms with Gasteiger partial charge in [0.2, 0.25) is 0 Å². The maximum absolute atomic E-state index is 3.72. The monoisotopic (exact) mass is 274 g/mol. The molecule has 2 nitrogen and oxygen atoms in total. The molecule has 112 valence electrons. The fourth-order valence-corrected chi connectivity index (χ4v) is 3.24. The van der Waals surface area contributed by atoms with E-state index in [9.17, 15) is 0 Å². The summed E-state index contributed by atoms with van der Waals surface area (Å²) >= 11 is 0. The summed E-state index contributed by atoms with van der Waals surface area (Å²) in [4.78, 5) is 2.64. The number of aryl methyl sites for hydroxylation is 1. The lowest BCUT2D eigenvalue weighted by Gasteiger charge is -2.26. The van der Waals surface area contributed by atoms with Gasteiger partial charge in [0, 0.05) is 19.1 Å². The zero-order chi connectivity index (χ0) is 14.4. The molecule has 1 aliphatic rings. The molecule has 0 bridgehead atoms. The Balaban J connectivity index is 1.99. The van der Waals surface area contributed by atoms with Crippen molar-refractivity contribution in [2.45, 2.75) is 52.6 Å². The fraction of sp³-hybridized carbons (Fsp3) is 0.667. The van der Waals surface area contributed by atoms with E-state index in [1.807, 2.05) is 0 Å². The highest BCUT2D eigenvalue weighted by atomic mass is 15.2. The predicted octanol–water partition coefficient (Wildman–Crippen LogP) is 3.46. The first-order valence-electron chi connectivity index (χ1n) is 8.21. The average molecular weight is 274 g/mol. The summed E-state index contributed by atoms with van der Waals surface area (Å²) in [6.45, 7) is 11.6. The molecule has 0 aliphatic carbocycles. The lowest BCUT2D eigenvalue weighted by atomic mass is 10.0. The molecule has 0 saturated carbocycles. The number of rotatable bonds is 5. The topological polar surface area (TPSA) is 15.3 Å². The van der Waals surface area contributed by atoms with Crippen LogP contribution in [0.3, 0.4) is 0 Å². The van der Waals surface area contributed by atoms with Crippen molar-refractivity contribution < 1.29 is 0 Å². The Kier molecular flexibility index (Phi) is 6.06. The van der Waals surface area contributed by atoms with Crippen molar-refractivity contribution >= 4 is 0 Å². The Labute approximate surface area is 124 Å². The van der Waals surface area contributed by atoms with Crippen molar-refractivity contribution in [1.82, 2.24) is 10.2 Å². The minimum Gasteiger partial charge on any atom is -0.313 e. The van der Waals surface area contributed by atoms with Crippen LogP contribution in [0.15, 0.2) is 24.3 Å². The largest absolute Gasteiger partial charge is 0.313 e. The Morgan fingerprint density at radius 3 is 2.70 bits per heavy atom. The van der Waals surface area contributed by atoms with E-state index in [0.29, 0.717) is 6.04 Å². The second-order valence-electron chi connectivity index (χ2n) is 6.49. The maximum atomic E-state index is 3.72. The summed E-state index contributed by atoms with van der Waals surface area (Å²) in [5, 5.41) is 3.72. The number of benzene rings is 1. The maximum Gasteiger partial charge on any atom is 0.0237 e. The first-order chi connectivity index (χ1) is 9.69. The minimum absolute atomic E-state index is 0.659. The van der Waals surface area contributed by atoms with E-state index in [0.717, 1.165) is 18.9 Å². The summed E-state index contributed by atoms with van der Waals surface area (Å²) in [6, 6.07) is 9.57. The van der Waals surface area contributed by atoms with Gasteiger partial charge in [-0.2, -0.15) is 0 Å². The lowest BCUT2D eigenvalue weighted by molar-refractivity contribution is 0.247. The first kappa shape index (κ1) is 15.5. The molecular formula is C18H30N2. The smallest absolute Gasteiger partial charge is 0.0237 e. The van der Waals surface area contributed by atoms with Crippen LogP contribution in [0.1, 0.15) is 44.7 Å². The third kappa shape index (κ3) is 4.60. The van der Waals surface area contributed by atoms with Gasteiger partial charge in [0.05, 0.1) is 0 Å². The Bertz CT molecular complexity index is 400. The van der Waals surface area contributed by atoms with Gasteiger partial charge < -0.3 is 5.32 Å². The molecule has 2 heteroatoms. The number of hydrogen-bond acceptors (Lipinski definition) is 2. The van der Waals surface area contributed by atoms with E-state index in [2.05, 4.69) is 55.3 Å². The average Bonchev–Trinajstić information content (AvgIpc) is 2.64. The van der Waals surface area contributed by atoms with Gasteiger partial charge in [-0.25, -0.2) is 0 Å². The van der Waals surface area contributed by atoms with Crippen molar-refractivity contribution in [2.24, 2.45) is 5.92 Å². The number of hydrogen-bond donors (Lipinski definition) is 1. The highest BCUT2D eigenvalue weighted by molar-refractivity contribution is 5.26. The summed E-state index contributed by atoms with van der Waals surface area (Å²) < 4.78 is 0. The molecule has 1 saturated heterocycles. The molecule has 1 aromatic rings. The summed E-state index contributed by atoms with van der Waals surface area (Å²) in [5.74, 6) is 0.773. The van der Waals surface area contributed by atoms with E-state index in [-0.39, 0.29) is 0 Å². The third-order valence-electron chi connectivity index (χ3n) is 4.21. The Hall–Kier alpha value is -0.860. The first-order valence-corrected chi connectivity index (χ1v) is 8.21. The van der Waals surface area contributed by atoms with Crippen LogP contribution in [0.4, 0.5) is 0 Å². The highest BCUT2D eigenvalue weighted by Crippen LogP contribution is 2.16. The zero-order valence-corrected chi connectivity index (χ0v) is 13.4. The molecular weight excluding hydrogens is 244 g/mol. The molecule has 1 N–H and O–H groups in total. The Morgan fingerprint density at radius 1 is 1.25 bits per heavy atom. The van der Waals surface area contributed by atoms with Crippen LogP contribution >= 0.6 is 0 Å². The van der Waals surface area contributed by atoms with Crippen molar-refractivity contribution in [3.63, 3.8) is 0 Å². The van der Waals surface area contributed by atoms with Gasteiger partial charge in [-0.3, -0.25) is 4.90 Å². The molecule has 1 atom stereocenters. The normalized spacial score (nSPS) is 21.1. The second kappa shape index (κ2) is 7.80. The van der Waals surface area contributed by atoms with Crippen molar-refractivity contribution in [1.29, 1.82) is 0 Å². The second-order valence-corrected chi connectivity index (χ2v) is 6.49. The molecule has 0 amide bonds. The van der Waals surface area contributed by atoms with Crippen molar-refractivity contribution in [3.8, 4) is 0 Å². The number of nitrogens with one attached hydrogen (secondary N) is 1. The quantitative estimate of drug-likeness (QED) is 0.884. The Morgan fingerprint density at radius 2 is 2.00 bits per heavy atom. The standard InChI is InChI=1S/C18H30N2/c1-4-16-8-5-6-9-17(16)13-20-11-7-10-19-18(14-20)12-15(2)3/h5-6,8-9,15,18-19H,4,7,10-14H2,1-3H3. The van der Waals surface area contributed by atoms with E-state index < -0.39 is 0 Å². The third-order valence-corrected chi connectivity index (χ3v) is 4.21. The predicted molar refractivity (Wildman–Crippen MR) is 87.0 cm³/mol. The molecule has 1 fully saturated rings. The van der Waals surface area contributed by atoms with E-state index >= 15 is 0 Å². The van der Waals surface area contributed by atoms with E-state index in [4.69, 9.17) is 0 Å². The fourth-order valence-electron chi connectivity index (χ4n) is 3.24. The molecule has 2 rings (SSSR count). The lowest BCUT2D eigenvalue weighted by Crippen LogP contribution is -2.38. The van der Waals surface area contributed by atoms with Crippen molar-refractivity contribution in [3.05, 3.63) is 35.4 Å². The SMILES string of the molecule is CCc1ccccc1CN1CCCNC(CC(C)C)C1. The molecule has 1 aromatic carbocycles. The molecule has 0 aromatic heterocycles. The van der Waals surface area contributed by atoms with Crippen LogP contribution in [-0.4, -0.2) is 30.6 Å². The minimum atomic E-state index is 0.659. The molecule has 1 aliphatic heterocycles. The van der Waals surface area contributed by atoms with Gasteiger partial charge in [-0.15, -0.1) is 0 Å². The number of nitrogens with zero attached hydrogens (tertiary/aromatic N) is 1.